The molecule has 1 heterocycles. The van der Waals surface area contributed by atoms with E-state index in [1.807, 2.05) is 18.2 Å². The first-order valence-electron chi connectivity index (χ1n) is 8.55. The number of amides is 2. The monoisotopic (exact) mass is 396 g/mol. The molecule has 0 aromatic heterocycles. The van der Waals surface area contributed by atoms with Crippen LogP contribution in [0.5, 0.6) is 5.75 Å². The SMILES string of the molecule is C=C(NN1C(=O)[C@@H](CC(=O)Nc2ccccc2)SC1=NC)c1ccc(O)cc1. The summed E-state index contributed by atoms with van der Waals surface area (Å²) >= 11 is 1.23. The fourth-order valence-electron chi connectivity index (χ4n) is 2.62. The minimum absolute atomic E-state index is 0.0290. The molecule has 1 aliphatic heterocycles. The molecule has 1 saturated heterocycles. The second-order valence-corrected chi connectivity index (χ2v) is 7.21. The highest BCUT2D eigenvalue weighted by molar-refractivity contribution is 8.15. The number of hydrazine groups is 1. The van der Waals surface area contributed by atoms with Gasteiger partial charge in [0.1, 0.15) is 11.0 Å². The number of phenolic OH excluding ortho intramolecular Hbond substituents is 1. The molecule has 3 N–H and O–H groups in total. The number of hydrogen-bond acceptors (Lipinski definition) is 6. The maximum Gasteiger partial charge on any atom is 0.261 e. The van der Waals surface area contributed by atoms with E-state index in [2.05, 4.69) is 22.3 Å². The molecule has 2 aromatic rings. The molecular weight excluding hydrogens is 376 g/mol. The van der Waals surface area contributed by atoms with Crippen LogP contribution in [0.1, 0.15) is 12.0 Å². The Balaban J connectivity index is 1.65. The van der Waals surface area contributed by atoms with Gasteiger partial charge >= 0.3 is 0 Å². The average Bonchev–Trinajstić information content (AvgIpc) is 2.98. The van der Waals surface area contributed by atoms with Crippen LogP contribution >= 0.6 is 11.8 Å². The van der Waals surface area contributed by atoms with Gasteiger partial charge in [0.2, 0.25) is 5.91 Å². The Morgan fingerprint density at radius 2 is 1.89 bits per heavy atom. The zero-order valence-electron chi connectivity index (χ0n) is 15.3. The Kier molecular flexibility index (Phi) is 6.00. The fraction of sp³-hybridized carbons (Fsp3) is 0.150. The molecule has 1 atom stereocenters. The summed E-state index contributed by atoms with van der Waals surface area (Å²) < 4.78 is 0. The van der Waals surface area contributed by atoms with Crippen molar-refractivity contribution in [3.63, 3.8) is 0 Å². The average molecular weight is 396 g/mol. The van der Waals surface area contributed by atoms with Crippen LogP contribution in [-0.4, -0.2) is 39.4 Å². The van der Waals surface area contributed by atoms with Gasteiger partial charge in [-0.25, -0.2) is 0 Å². The summed E-state index contributed by atoms with van der Waals surface area (Å²) in [5, 5.41) is 13.4. The number of anilines is 1. The fourth-order valence-corrected chi connectivity index (χ4v) is 3.66. The summed E-state index contributed by atoms with van der Waals surface area (Å²) in [5.41, 5.74) is 4.82. The molecule has 2 aromatic carbocycles. The standard InChI is InChI=1S/C20H20N4O3S/c1-13(14-8-10-16(25)11-9-14)23-24-19(27)17(28-20(24)21-2)12-18(26)22-15-6-4-3-5-7-15/h3-11,17,23,25H,1,12H2,2H3,(H,22,26)/t17-/m1/s1. The number of amidine groups is 1. The van der Waals surface area contributed by atoms with E-state index in [0.717, 1.165) is 5.56 Å². The zero-order valence-corrected chi connectivity index (χ0v) is 16.1. The molecule has 0 unspecified atom stereocenters. The number of aromatic hydroxyl groups is 1. The largest absolute Gasteiger partial charge is 0.508 e. The minimum Gasteiger partial charge on any atom is -0.508 e. The third kappa shape index (κ3) is 4.52. The topological polar surface area (TPSA) is 94.0 Å². The highest BCUT2D eigenvalue weighted by atomic mass is 32.2. The van der Waals surface area contributed by atoms with Gasteiger partial charge in [0, 0.05) is 19.2 Å². The van der Waals surface area contributed by atoms with Gasteiger partial charge in [0.25, 0.3) is 5.91 Å². The highest BCUT2D eigenvalue weighted by Crippen LogP contribution is 2.29. The quantitative estimate of drug-likeness (QED) is 0.698. The van der Waals surface area contributed by atoms with E-state index < -0.39 is 5.25 Å². The van der Waals surface area contributed by atoms with Gasteiger partial charge in [-0.1, -0.05) is 36.5 Å². The lowest BCUT2D eigenvalue weighted by Crippen LogP contribution is -2.42. The molecule has 28 heavy (non-hydrogen) atoms. The number of hydrogen-bond donors (Lipinski definition) is 3. The molecule has 0 bridgehead atoms. The summed E-state index contributed by atoms with van der Waals surface area (Å²) in [6.45, 7) is 3.93. The summed E-state index contributed by atoms with van der Waals surface area (Å²) in [5.74, 6) is -0.370. The molecule has 0 aliphatic carbocycles. The van der Waals surface area contributed by atoms with Crippen molar-refractivity contribution < 1.29 is 14.7 Å². The van der Waals surface area contributed by atoms with Crippen molar-refractivity contribution >= 4 is 40.1 Å². The van der Waals surface area contributed by atoms with Crippen molar-refractivity contribution in [3.05, 3.63) is 66.7 Å². The molecule has 7 nitrogen and oxygen atoms in total. The third-order valence-corrected chi connectivity index (χ3v) is 5.25. The van der Waals surface area contributed by atoms with Gasteiger partial charge in [-0.2, -0.15) is 5.01 Å². The molecule has 3 rings (SSSR count). The second-order valence-electron chi connectivity index (χ2n) is 6.04. The number of carbonyl (C=O) groups excluding carboxylic acids is 2. The van der Waals surface area contributed by atoms with Gasteiger partial charge in [0.05, 0.1) is 5.70 Å². The Hall–Kier alpha value is -3.26. The molecule has 0 saturated carbocycles. The molecule has 2 amide bonds. The van der Waals surface area contributed by atoms with E-state index in [-0.39, 0.29) is 24.0 Å². The normalized spacial score (nSPS) is 17.6. The van der Waals surface area contributed by atoms with Crippen LogP contribution in [0.2, 0.25) is 0 Å². The number of nitrogens with zero attached hydrogens (tertiary/aromatic N) is 2. The number of phenols is 1. The lowest BCUT2D eigenvalue weighted by Gasteiger charge is -2.20. The lowest BCUT2D eigenvalue weighted by atomic mass is 10.2. The first kappa shape index (κ1) is 19.5. The number of rotatable bonds is 6. The second kappa shape index (κ2) is 8.62. The van der Waals surface area contributed by atoms with Crippen LogP contribution in [0.3, 0.4) is 0 Å². The van der Waals surface area contributed by atoms with Crippen LogP contribution in [-0.2, 0) is 9.59 Å². The molecule has 0 spiro atoms. The Bertz CT molecular complexity index is 913. The maximum atomic E-state index is 12.8. The highest BCUT2D eigenvalue weighted by Gasteiger charge is 2.39. The van der Waals surface area contributed by atoms with Crippen molar-refractivity contribution in [1.29, 1.82) is 0 Å². The summed E-state index contributed by atoms with van der Waals surface area (Å²) in [6.07, 6.45) is 0.0290. The van der Waals surface area contributed by atoms with Gasteiger partial charge in [-0.3, -0.25) is 20.0 Å². The third-order valence-electron chi connectivity index (χ3n) is 4.02. The smallest absolute Gasteiger partial charge is 0.261 e. The van der Waals surface area contributed by atoms with Gasteiger partial charge in [-0.05, 0) is 42.0 Å². The van der Waals surface area contributed by atoms with E-state index in [4.69, 9.17) is 0 Å². The van der Waals surface area contributed by atoms with Crippen LogP contribution in [0.25, 0.3) is 5.70 Å². The number of para-hydroxylation sites is 1. The molecule has 8 heteroatoms. The van der Waals surface area contributed by atoms with Crippen molar-refractivity contribution in [2.45, 2.75) is 11.7 Å². The molecule has 0 radical (unpaired) electrons. The van der Waals surface area contributed by atoms with Gasteiger partial charge in [-0.15, -0.1) is 0 Å². The number of aliphatic imine (C=N–C) groups is 1. The first-order valence-corrected chi connectivity index (χ1v) is 9.43. The zero-order chi connectivity index (χ0) is 20.1. The number of thioether (sulfide) groups is 1. The maximum absolute atomic E-state index is 12.8. The van der Waals surface area contributed by atoms with E-state index in [9.17, 15) is 14.7 Å². The summed E-state index contributed by atoms with van der Waals surface area (Å²) in [7, 11) is 1.58. The van der Waals surface area contributed by atoms with Crippen LogP contribution in [0, 0.1) is 0 Å². The Morgan fingerprint density at radius 1 is 1.21 bits per heavy atom. The first-order chi connectivity index (χ1) is 13.5. The van der Waals surface area contributed by atoms with E-state index in [1.54, 1.807) is 31.3 Å². The van der Waals surface area contributed by atoms with Gasteiger partial charge < -0.3 is 10.4 Å². The van der Waals surface area contributed by atoms with Crippen molar-refractivity contribution in [2.24, 2.45) is 4.99 Å². The molecular formula is C20H20N4O3S. The molecule has 1 aliphatic rings. The van der Waals surface area contributed by atoms with Crippen LogP contribution in [0.4, 0.5) is 5.69 Å². The van der Waals surface area contributed by atoms with Crippen molar-refractivity contribution in [1.82, 2.24) is 10.4 Å². The molecule has 144 valence electrons. The van der Waals surface area contributed by atoms with Crippen LogP contribution < -0.4 is 10.7 Å². The molecule has 1 fully saturated rings. The number of benzene rings is 2. The van der Waals surface area contributed by atoms with E-state index in [0.29, 0.717) is 16.6 Å². The Morgan fingerprint density at radius 3 is 2.54 bits per heavy atom. The van der Waals surface area contributed by atoms with Crippen LogP contribution in [0.15, 0.2) is 66.2 Å². The Labute approximate surface area is 167 Å². The summed E-state index contributed by atoms with van der Waals surface area (Å²) in [6, 6.07) is 15.5. The van der Waals surface area contributed by atoms with Crippen molar-refractivity contribution in [2.75, 3.05) is 12.4 Å². The number of carbonyl (C=O) groups is 2. The predicted octanol–water partition coefficient (Wildman–Crippen LogP) is 2.83. The minimum atomic E-state index is -0.581. The van der Waals surface area contributed by atoms with Gasteiger partial charge in [0.15, 0.2) is 5.17 Å². The predicted molar refractivity (Wildman–Crippen MR) is 112 cm³/mol. The lowest BCUT2D eigenvalue weighted by molar-refractivity contribution is -0.129. The number of nitrogens with one attached hydrogen (secondary N) is 2. The summed E-state index contributed by atoms with van der Waals surface area (Å²) in [4.78, 5) is 29.2. The van der Waals surface area contributed by atoms with E-state index in [1.165, 1.54) is 28.9 Å². The van der Waals surface area contributed by atoms with E-state index >= 15 is 0 Å². The van der Waals surface area contributed by atoms with Crippen molar-refractivity contribution in [3.8, 4) is 5.75 Å².